The summed E-state index contributed by atoms with van der Waals surface area (Å²) in [5.41, 5.74) is 2.88. The van der Waals surface area contributed by atoms with Gasteiger partial charge in [0.15, 0.2) is 5.69 Å². The lowest BCUT2D eigenvalue weighted by Crippen LogP contribution is -2.28. The Hall–Kier alpha value is -2.43. The monoisotopic (exact) mass is 296 g/mol. The van der Waals surface area contributed by atoms with Crippen molar-refractivity contribution in [1.29, 1.82) is 0 Å². The molecule has 0 spiro atoms. The van der Waals surface area contributed by atoms with E-state index in [0.717, 1.165) is 25.9 Å². The summed E-state index contributed by atoms with van der Waals surface area (Å²) in [6.45, 7) is 4.43. The summed E-state index contributed by atoms with van der Waals surface area (Å²) in [5.74, 6) is 0.664. The van der Waals surface area contributed by atoms with Crippen molar-refractivity contribution in [3.05, 3.63) is 53.2 Å². The van der Waals surface area contributed by atoms with Crippen molar-refractivity contribution in [2.75, 3.05) is 18.4 Å². The predicted molar refractivity (Wildman–Crippen MR) is 85.7 cm³/mol. The number of amides is 1. The molecule has 0 saturated carbocycles. The molecule has 2 aromatic rings. The lowest BCUT2D eigenvalue weighted by Gasteiger charge is -2.14. The number of rotatable bonds is 4. The molecule has 0 bridgehead atoms. The molecule has 1 aliphatic rings. The Morgan fingerprint density at radius 3 is 2.59 bits per heavy atom. The van der Waals surface area contributed by atoms with Gasteiger partial charge in [0, 0.05) is 19.6 Å². The second kappa shape index (κ2) is 6.56. The molecule has 114 valence electrons. The Kier molecular flexibility index (Phi) is 4.32. The molecular formula is C17H20N4O. The summed E-state index contributed by atoms with van der Waals surface area (Å²) >= 11 is 0. The maximum absolute atomic E-state index is 12.2. The first-order valence-corrected chi connectivity index (χ1v) is 7.65. The van der Waals surface area contributed by atoms with Gasteiger partial charge < -0.3 is 10.2 Å². The van der Waals surface area contributed by atoms with Crippen molar-refractivity contribution in [3.8, 4) is 0 Å². The van der Waals surface area contributed by atoms with Crippen LogP contribution in [-0.2, 0) is 6.54 Å². The third-order valence-corrected chi connectivity index (χ3v) is 4.00. The highest BCUT2D eigenvalue weighted by Crippen LogP contribution is 2.13. The molecule has 0 aliphatic carbocycles. The van der Waals surface area contributed by atoms with Crippen LogP contribution in [0.1, 0.15) is 34.5 Å². The highest BCUT2D eigenvalue weighted by molar-refractivity contribution is 5.92. The van der Waals surface area contributed by atoms with Crippen LogP contribution in [0.2, 0.25) is 0 Å². The Balaban J connectivity index is 1.62. The third-order valence-electron chi connectivity index (χ3n) is 4.00. The van der Waals surface area contributed by atoms with Crippen LogP contribution in [0.3, 0.4) is 0 Å². The van der Waals surface area contributed by atoms with Crippen LogP contribution < -0.4 is 5.32 Å². The summed E-state index contributed by atoms with van der Waals surface area (Å²) < 4.78 is 0. The van der Waals surface area contributed by atoms with Crippen LogP contribution in [0.15, 0.2) is 36.4 Å². The summed E-state index contributed by atoms with van der Waals surface area (Å²) in [6.07, 6.45) is 2.16. The first-order valence-electron chi connectivity index (χ1n) is 7.65. The average molecular weight is 296 g/mol. The summed E-state index contributed by atoms with van der Waals surface area (Å²) in [5, 5.41) is 11.4. The van der Waals surface area contributed by atoms with E-state index in [4.69, 9.17) is 0 Å². The largest absolute Gasteiger partial charge is 0.364 e. The highest BCUT2D eigenvalue weighted by atomic mass is 16.2. The number of likely N-dealkylation sites (tertiary alicyclic amines) is 1. The molecule has 1 saturated heterocycles. The number of nitrogens with one attached hydrogen (secondary N) is 1. The molecular weight excluding hydrogens is 276 g/mol. The number of carbonyl (C=O) groups excluding carboxylic acids is 1. The molecule has 1 amide bonds. The number of aromatic nitrogens is 2. The van der Waals surface area contributed by atoms with E-state index in [0.29, 0.717) is 18.1 Å². The maximum atomic E-state index is 12.2. The van der Waals surface area contributed by atoms with Gasteiger partial charge >= 0.3 is 0 Å². The van der Waals surface area contributed by atoms with Crippen LogP contribution in [0.25, 0.3) is 0 Å². The Bertz CT molecular complexity index is 648. The molecule has 1 aromatic carbocycles. The molecule has 1 fully saturated rings. The summed E-state index contributed by atoms with van der Waals surface area (Å²) in [4.78, 5) is 14.0. The minimum absolute atomic E-state index is 0.0181. The van der Waals surface area contributed by atoms with Crippen molar-refractivity contribution in [2.24, 2.45) is 0 Å². The van der Waals surface area contributed by atoms with E-state index in [2.05, 4.69) is 34.6 Å². The van der Waals surface area contributed by atoms with Gasteiger partial charge in [0.25, 0.3) is 5.91 Å². The highest BCUT2D eigenvalue weighted by Gasteiger charge is 2.20. The van der Waals surface area contributed by atoms with Crippen LogP contribution in [0.5, 0.6) is 0 Å². The fourth-order valence-electron chi connectivity index (χ4n) is 2.62. The number of anilines is 1. The Labute approximate surface area is 130 Å². The zero-order valence-corrected chi connectivity index (χ0v) is 12.7. The fourth-order valence-corrected chi connectivity index (χ4v) is 2.62. The smallest absolute Gasteiger partial charge is 0.274 e. The normalized spacial score (nSPS) is 14.1. The first-order chi connectivity index (χ1) is 10.7. The topological polar surface area (TPSA) is 58.1 Å². The second-order valence-electron chi connectivity index (χ2n) is 5.58. The molecule has 3 rings (SSSR count). The molecule has 5 nitrogen and oxygen atoms in total. The van der Waals surface area contributed by atoms with E-state index >= 15 is 0 Å². The Morgan fingerprint density at radius 2 is 1.91 bits per heavy atom. The van der Waals surface area contributed by atoms with E-state index in [1.165, 1.54) is 11.1 Å². The van der Waals surface area contributed by atoms with E-state index < -0.39 is 0 Å². The van der Waals surface area contributed by atoms with Crippen molar-refractivity contribution >= 4 is 11.7 Å². The first kappa shape index (κ1) is 14.5. The zero-order chi connectivity index (χ0) is 15.4. The number of nitrogens with zero attached hydrogens (tertiary/aromatic N) is 3. The number of hydrogen-bond acceptors (Lipinski definition) is 4. The fraction of sp³-hybridized carbons (Fsp3) is 0.353. The number of aryl methyl sites for hydroxylation is 1. The number of carbonyl (C=O) groups is 1. The minimum atomic E-state index is -0.0181. The van der Waals surface area contributed by atoms with Crippen molar-refractivity contribution in [2.45, 2.75) is 26.3 Å². The van der Waals surface area contributed by atoms with Crippen molar-refractivity contribution < 1.29 is 4.79 Å². The standard InChI is InChI=1S/C17H20N4O/c1-13-6-2-3-7-14(13)12-18-16-9-8-15(19-20-16)17(22)21-10-4-5-11-21/h2-3,6-9H,4-5,10-12H2,1H3,(H,18,20). The number of benzene rings is 1. The van der Waals surface area contributed by atoms with Gasteiger partial charge in [-0.3, -0.25) is 4.79 Å². The third kappa shape index (κ3) is 3.24. The molecule has 22 heavy (non-hydrogen) atoms. The van der Waals surface area contributed by atoms with Gasteiger partial charge in [-0.15, -0.1) is 10.2 Å². The van der Waals surface area contributed by atoms with Gasteiger partial charge in [0.2, 0.25) is 0 Å². The van der Waals surface area contributed by atoms with E-state index in [1.807, 2.05) is 23.1 Å². The Morgan fingerprint density at radius 1 is 1.14 bits per heavy atom. The van der Waals surface area contributed by atoms with E-state index in [-0.39, 0.29) is 5.91 Å². The minimum Gasteiger partial charge on any atom is -0.364 e. The molecule has 5 heteroatoms. The predicted octanol–water partition coefficient (Wildman–Crippen LogP) is 2.63. The van der Waals surface area contributed by atoms with Crippen molar-refractivity contribution in [1.82, 2.24) is 15.1 Å². The van der Waals surface area contributed by atoms with Gasteiger partial charge in [0.05, 0.1) is 0 Å². The summed E-state index contributed by atoms with van der Waals surface area (Å²) in [7, 11) is 0. The van der Waals surface area contributed by atoms with Gasteiger partial charge in [-0.2, -0.15) is 0 Å². The molecule has 0 radical (unpaired) electrons. The SMILES string of the molecule is Cc1ccccc1CNc1ccc(C(=O)N2CCCC2)nn1. The van der Waals surface area contributed by atoms with Crippen LogP contribution >= 0.6 is 0 Å². The van der Waals surface area contributed by atoms with E-state index in [1.54, 1.807) is 6.07 Å². The second-order valence-corrected chi connectivity index (χ2v) is 5.58. The van der Waals surface area contributed by atoms with Gasteiger partial charge in [-0.05, 0) is 43.0 Å². The molecule has 1 aliphatic heterocycles. The lowest BCUT2D eigenvalue weighted by molar-refractivity contribution is 0.0786. The zero-order valence-electron chi connectivity index (χ0n) is 12.7. The molecule has 2 heterocycles. The van der Waals surface area contributed by atoms with Crippen molar-refractivity contribution in [3.63, 3.8) is 0 Å². The van der Waals surface area contributed by atoms with Gasteiger partial charge in [-0.25, -0.2) is 0 Å². The average Bonchev–Trinajstić information content (AvgIpc) is 3.08. The molecule has 1 aromatic heterocycles. The van der Waals surface area contributed by atoms with Gasteiger partial charge in [0.1, 0.15) is 5.82 Å². The maximum Gasteiger partial charge on any atom is 0.274 e. The quantitative estimate of drug-likeness (QED) is 0.942. The lowest BCUT2D eigenvalue weighted by atomic mass is 10.1. The molecule has 1 N–H and O–H groups in total. The number of hydrogen-bond donors (Lipinski definition) is 1. The van der Waals surface area contributed by atoms with Gasteiger partial charge in [-0.1, -0.05) is 24.3 Å². The summed E-state index contributed by atoms with van der Waals surface area (Å²) in [6, 6.07) is 11.8. The molecule has 0 atom stereocenters. The van der Waals surface area contributed by atoms with Crippen LogP contribution in [0, 0.1) is 6.92 Å². The van der Waals surface area contributed by atoms with E-state index in [9.17, 15) is 4.79 Å². The van der Waals surface area contributed by atoms with Crippen LogP contribution in [0.4, 0.5) is 5.82 Å². The van der Waals surface area contributed by atoms with Crippen LogP contribution in [-0.4, -0.2) is 34.1 Å². The molecule has 0 unspecified atom stereocenters.